The molecule has 0 fully saturated rings. The molecule has 0 spiro atoms. The fourth-order valence-electron chi connectivity index (χ4n) is 4.00. The minimum atomic E-state index is -2.35. The summed E-state index contributed by atoms with van der Waals surface area (Å²) < 4.78 is 24.6. The highest BCUT2D eigenvalue weighted by molar-refractivity contribution is 6.81. The van der Waals surface area contributed by atoms with Gasteiger partial charge >= 0.3 is 17.1 Å². The van der Waals surface area contributed by atoms with Gasteiger partial charge in [0.05, 0.1) is 0 Å². The lowest BCUT2D eigenvalue weighted by Crippen LogP contribution is -2.53. The standard InChI is InChI=1S/C24H38O4Si2/c1-7-25-29(11-5,26-8-2)23-17-13-21(14-18-23)22-15-19-24(20-16-22)30(12-6,27-9-3)28-10-4/h13-20H,7-12H2,1-6H3. The van der Waals surface area contributed by atoms with Gasteiger partial charge in [-0.3, -0.25) is 0 Å². The van der Waals surface area contributed by atoms with Crippen LogP contribution in [0.3, 0.4) is 0 Å². The van der Waals surface area contributed by atoms with E-state index in [9.17, 15) is 0 Å². The summed E-state index contributed by atoms with van der Waals surface area (Å²) >= 11 is 0. The first-order valence-corrected chi connectivity index (χ1v) is 15.4. The highest BCUT2D eigenvalue weighted by Gasteiger charge is 2.38. The Morgan fingerprint density at radius 3 is 0.933 bits per heavy atom. The fourth-order valence-corrected chi connectivity index (χ4v) is 9.68. The van der Waals surface area contributed by atoms with Crippen molar-refractivity contribution in [3.05, 3.63) is 48.5 Å². The van der Waals surface area contributed by atoms with E-state index in [4.69, 9.17) is 17.7 Å². The van der Waals surface area contributed by atoms with E-state index in [2.05, 4.69) is 62.4 Å². The highest BCUT2D eigenvalue weighted by atomic mass is 28.4. The molecule has 2 rings (SSSR count). The third kappa shape index (κ3) is 5.49. The van der Waals surface area contributed by atoms with Crippen molar-refractivity contribution in [1.29, 1.82) is 0 Å². The molecule has 0 amide bonds. The van der Waals surface area contributed by atoms with Gasteiger partial charge in [-0.15, -0.1) is 0 Å². The van der Waals surface area contributed by atoms with Crippen LogP contribution in [0.2, 0.25) is 12.1 Å². The van der Waals surface area contributed by atoms with Crippen molar-refractivity contribution in [1.82, 2.24) is 0 Å². The molecule has 30 heavy (non-hydrogen) atoms. The van der Waals surface area contributed by atoms with E-state index in [1.807, 2.05) is 27.7 Å². The van der Waals surface area contributed by atoms with Gasteiger partial charge in [-0.25, -0.2) is 0 Å². The Hall–Kier alpha value is -1.29. The average Bonchev–Trinajstić information content (AvgIpc) is 2.79. The molecule has 0 saturated heterocycles. The van der Waals surface area contributed by atoms with Crippen molar-refractivity contribution >= 4 is 27.5 Å². The molecule has 2 aromatic carbocycles. The van der Waals surface area contributed by atoms with Crippen LogP contribution in [-0.4, -0.2) is 43.5 Å². The van der Waals surface area contributed by atoms with Gasteiger partial charge in [-0.2, -0.15) is 0 Å². The van der Waals surface area contributed by atoms with E-state index in [1.165, 1.54) is 21.5 Å². The monoisotopic (exact) mass is 446 g/mol. The maximum atomic E-state index is 6.16. The molecule has 0 bridgehead atoms. The van der Waals surface area contributed by atoms with Gasteiger partial charge in [0.1, 0.15) is 0 Å². The number of rotatable bonds is 13. The van der Waals surface area contributed by atoms with E-state index in [0.29, 0.717) is 26.4 Å². The van der Waals surface area contributed by atoms with Gasteiger partial charge < -0.3 is 17.7 Å². The molecule has 0 unspecified atom stereocenters. The summed E-state index contributed by atoms with van der Waals surface area (Å²) in [7, 11) is -4.71. The lowest BCUT2D eigenvalue weighted by Gasteiger charge is -2.29. The molecule has 0 aliphatic rings. The van der Waals surface area contributed by atoms with E-state index < -0.39 is 17.1 Å². The van der Waals surface area contributed by atoms with Crippen LogP contribution in [0.5, 0.6) is 0 Å². The van der Waals surface area contributed by atoms with E-state index in [0.717, 1.165) is 12.1 Å². The molecule has 0 aliphatic heterocycles. The molecule has 6 heteroatoms. The van der Waals surface area contributed by atoms with Crippen molar-refractivity contribution in [3.63, 3.8) is 0 Å². The third-order valence-electron chi connectivity index (χ3n) is 5.42. The molecular formula is C24H38O4Si2. The number of hydrogen-bond donors (Lipinski definition) is 0. The lowest BCUT2D eigenvalue weighted by molar-refractivity contribution is 0.196. The molecule has 0 atom stereocenters. The normalized spacial score (nSPS) is 12.3. The largest absolute Gasteiger partial charge is 0.391 e. The predicted molar refractivity (Wildman–Crippen MR) is 130 cm³/mol. The Bertz CT molecular complexity index is 669. The summed E-state index contributed by atoms with van der Waals surface area (Å²) in [5, 5.41) is 2.39. The molecule has 0 aliphatic carbocycles. The van der Waals surface area contributed by atoms with Gasteiger partial charge in [-0.1, -0.05) is 62.4 Å². The summed E-state index contributed by atoms with van der Waals surface area (Å²) in [5.74, 6) is 0. The van der Waals surface area contributed by atoms with Crippen LogP contribution < -0.4 is 10.4 Å². The number of benzene rings is 2. The van der Waals surface area contributed by atoms with Crippen molar-refractivity contribution in [2.45, 2.75) is 53.6 Å². The van der Waals surface area contributed by atoms with Crippen molar-refractivity contribution in [2.75, 3.05) is 26.4 Å². The Labute approximate surface area is 185 Å². The predicted octanol–water partition coefficient (Wildman–Crippen LogP) is 4.84. The van der Waals surface area contributed by atoms with Crippen molar-refractivity contribution in [2.24, 2.45) is 0 Å². The fraction of sp³-hybridized carbons (Fsp3) is 0.500. The first-order valence-electron chi connectivity index (χ1n) is 11.3. The first-order chi connectivity index (χ1) is 14.5. The summed E-state index contributed by atoms with van der Waals surface area (Å²) in [6, 6.07) is 19.2. The van der Waals surface area contributed by atoms with E-state index >= 15 is 0 Å². The van der Waals surface area contributed by atoms with Gasteiger partial charge in [0.2, 0.25) is 0 Å². The highest BCUT2D eigenvalue weighted by Crippen LogP contribution is 2.22. The first kappa shape index (κ1) is 25.0. The SMILES string of the molecule is CCO[Si](CC)(OCC)c1ccc(-c2ccc([Si](CC)(OCC)OCC)cc2)cc1. The molecule has 0 saturated carbocycles. The molecule has 2 aromatic rings. The zero-order chi connectivity index (χ0) is 22.0. The summed E-state index contributed by atoms with van der Waals surface area (Å²) in [6.07, 6.45) is 0. The number of hydrogen-bond acceptors (Lipinski definition) is 4. The second-order valence-electron chi connectivity index (χ2n) is 7.10. The molecule has 0 aromatic heterocycles. The maximum absolute atomic E-state index is 6.16. The molecule has 0 heterocycles. The third-order valence-corrected chi connectivity index (χ3v) is 12.7. The van der Waals surface area contributed by atoms with Gasteiger partial charge in [-0.05, 0) is 61.3 Å². The van der Waals surface area contributed by atoms with Crippen molar-refractivity contribution < 1.29 is 17.7 Å². The Balaban J connectivity index is 2.30. The molecular weight excluding hydrogens is 408 g/mol. The topological polar surface area (TPSA) is 36.9 Å². The second-order valence-corrected chi connectivity index (χ2v) is 13.8. The summed E-state index contributed by atoms with van der Waals surface area (Å²) in [5.41, 5.74) is 2.38. The Morgan fingerprint density at radius 2 is 0.733 bits per heavy atom. The summed E-state index contributed by atoms with van der Waals surface area (Å²) in [6.45, 7) is 15.2. The van der Waals surface area contributed by atoms with Gasteiger partial charge in [0, 0.05) is 26.4 Å². The van der Waals surface area contributed by atoms with Crippen LogP contribution in [0, 0.1) is 0 Å². The molecule has 0 radical (unpaired) electrons. The van der Waals surface area contributed by atoms with Crippen LogP contribution in [0.4, 0.5) is 0 Å². The zero-order valence-electron chi connectivity index (χ0n) is 19.5. The van der Waals surface area contributed by atoms with E-state index in [1.54, 1.807) is 0 Å². The van der Waals surface area contributed by atoms with Gasteiger partial charge in [0.25, 0.3) is 0 Å². The molecule has 0 N–H and O–H groups in total. The van der Waals surface area contributed by atoms with E-state index in [-0.39, 0.29) is 0 Å². The van der Waals surface area contributed by atoms with Crippen LogP contribution in [0.1, 0.15) is 41.5 Å². The second kappa shape index (κ2) is 11.9. The van der Waals surface area contributed by atoms with Crippen LogP contribution >= 0.6 is 0 Å². The minimum Gasteiger partial charge on any atom is -0.391 e. The minimum absolute atomic E-state index is 0.673. The molecule has 4 nitrogen and oxygen atoms in total. The zero-order valence-corrected chi connectivity index (χ0v) is 21.5. The van der Waals surface area contributed by atoms with Crippen LogP contribution in [0.15, 0.2) is 48.5 Å². The Kier molecular flexibility index (Phi) is 9.93. The Morgan fingerprint density at radius 1 is 0.467 bits per heavy atom. The van der Waals surface area contributed by atoms with Crippen LogP contribution in [0.25, 0.3) is 11.1 Å². The smallest absolute Gasteiger partial charge is 0.372 e. The quantitative estimate of drug-likeness (QED) is 0.413. The van der Waals surface area contributed by atoms with Gasteiger partial charge in [0.15, 0.2) is 0 Å². The van der Waals surface area contributed by atoms with Crippen LogP contribution in [-0.2, 0) is 17.7 Å². The molecule has 166 valence electrons. The van der Waals surface area contributed by atoms with Crippen molar-refractivity contribution in [3.8, 4) is 11.1 Å². The average molecular weight is 447 g/mol. The maximum Gasteiger partial charge on any atom is 0.372 e. The summed E-state index contributed by atoms with van der Waals surface area (Å²) in [4.78, 5) is 0. The lowest BCUT2D eigenvalue weighted by atomic mass is 10.1.